The Morgan fingerprint density at radius 2 is 2.08 bits per heavy atom. The van der Waals surface area contributed by atoms with Crippen LogP contribution in [0.2, 0.25) is 0 Å². The number of aliphatic imine (C=N–C) groups is 1. The number of benzene rings is 1. The van der Waals surface area contributed by atoms with E-state index in [2.05, 4.69) is 20.8 Å². The molecule has 0 fully saturated rings. The molecular formula is C19H28N4O3. The molecule has 0 atom stereocenters. The summed E-state index contributed by atoms with van der Waals surface area (Å²) in [5.74, 6) is 3.01. The molecule has 0 saturated carbocycles. The molecular weight excluding hydrogens is 332 g/mol. The van der Waals surface area contributed by atoms with Crippen LogP contribution in [0, 0.1) is 13.8 Å². The zero-order valence-corrected chi connectivity index (χ0v) is 16.2. The number of rotatable bonds is 8. The fraction of sp³-hybridized carbons (Fsp3) is 0.474. The Morgan fingerprint density at radius 3 is 2.69 bits per heavy atom. The number of methoxy groups -OCH3 is 1. The zero-order chi connectivity index (χ0) is 18.9. The number of aryl methyl sites for hydroxylation is 2. The summed E-state index contributed by atoms with van der Waals surface area (Å²) in [6.45, 7) is 7.25. The van der Waals surface area contributed by atoms with Gasteiger partial charge in [0.1, 0.15) is 5.76 Å². The van der Waals surface area contributed by atoms with Crippen LogP contribution >= 0.6 is 0 Å². The van der Waals surface area contributed by atoms with Gasteiger partial charge in [0.15, 0.2) is 17.5 Å². The van der Waals surface area contributed by atoms with Gasteiger partial charge in [0, 0.05) is 30.9 Å². The van der Waals surface area contributed by atoms with E-state index in [0.717, 1.165) is 42.3 Å². The Bertz CT molecular complexity index is 721. The fourth-order valence-corrected chi connectivity index (χ4v) is 2.67. The molecule has 1 heterocycles. The van der Waals surface area contributed by atoms with Gasteiger partial charge in [-0.15, -0.1) is 0 Å². The van der Waals surface area contributed by atoms with Crippen LogP contribution in [-0.2, 0) is 6.42 Å². The van der Waals surface area contributed by atoms with Gasteiger partial charge in [-0.25, -0.2) is 0 Å². The average Bonchev–Trinajstić information content (AvgIpc) is 2.97. The van der Waals surface area contributed by atoms with Crippen molar-refractivity contribution in [1.82, 2.24) is 10.5 Å². The van der Waals surface area contributed by atoms with Crippen molar-refractivity contribution in [3.8, 4) is 11.5 Å². The lowest BCUT2D eigenvalue weighted by Crippen LogP contribution is -2.31. The molecule has 0 bridgehead atoms. The van der Waals surface area contributed by atoms with Crippen LogP contribution in [0.1, 0.15) is 30.4 Å². The first-order chi connectivity index (χ1) is 12.6. The number of guanidine groups is 1. The molecule has 0 aliphatic carbocycles. The van der Waals surface area contributed by atoms with E-state index in [1.165, 1.54) is 5.56 Å². The summed E-state index contributed by atoms with van der Waals surface area (Å²) in [6, 6.07) is 5.71. The van der Waals surface area contributed by atoms with Crippen molar-refractivity contribution >= 4 is 11.6 Å². The van der Waals surface area contributed by atoms with Crippen LogP contribution in [0.5, 0.6) is 11.5 Å². The van der Waals surface area contributed by atoms with Crippen molar-refractivity contribution in [2.24, 2.45) is 4.99 Å². The molecule has 0 radical (unpaired) electrons. The molecule has 0 aliphatic rings. The van der Waals surface area contributed by atoms with Gasteiger partial charge in [-0.1, -0.05) is 5.16 Å². The van der Waals surface area contributed by atoms with Crippen molar-refractivity contribution in [2.75, 3.05) is 32.6 Å². The minimum Gasteiger partial charge on any atom is -0.493 e. The Morgan fingerprint density at radius 1 is 1.27 bits per heavy atom. The monoisotopic (exact) mass is 360 g/mol. The van der Waals surface area contributed by atoms with Crippen LogP contribution in [0.25, 0.3) is 0 Å². The van der Waals surface area contributed by atoms with Crippen LogP contribution in [0.3, 0.4) is 0 Å². The SMILES string of the molecule is CCOc1ccc(NC(=NC)NCCCc2c(C)noc2C)cc1OC. The summed E-state index contributed by atoms with van der Waals surface area (Å²) in [6.07, 6.45) is 1.87. The molecule has 7 heteroatoms. The second-order valence-electron chi connectivity index (χ2n) is 5.83. The lowest BCUT2D eigenvalue weighted by molar-refractivity contribution is 0.311. The molecule has 2 N–H and O–H groups in total. The van der Waals surface area contributed by atoms with Crippen molar-refractivity contribution in [1.29, 1.82) is 0 Å². The first-order valence-electron chi connectivity index (χ1n) is 8.79. The lowest BCUT2D eigenvalue weighted by Gasteiger charge is -2.14. The third kappa shape index (κ3) is 5.15. The Labute approximate surface area is 154 Å². The number of hydrogen-bond acceptors (Lipinski definition) is 5. The van der Waals surface area contributed by atoms with Gasteiger partial charge in [-0.2, -0.15) is 0 Å². The van der Waals surface area contributed by atoms with E-state index < -0.39 is 0 Å². The predicted molar refractivity (Wildman–Crippen MR) is 103 cm³/mol. The van der Waals surface area contributed by atoms with Crippen molar-refractivity contribution in [2.45, 2.75) is 33.6 Å². The minimum absolute atomic E-state index is 0.595. The quantitative estimate of drug-likeness (QED) is 0.427. The van der Waals surface area contributed by atoms with Gasteiger partial charge in [-0.05, 0) is 45.7 Å². The van der Waals surface area contributed by atoms with Gasteiger partial charge in [0.25, 0.3) is 0 Å². The third-order valence-electron chi connectivity index (χ3n) is 4.03. The molecule has 2 rings (SSSR count). The smallest absolute Gasteiger partial charge is 0.195 e. The summed E-state index contributed by atoms with van der Waals surface area (Å²) in [7, 11) is 3.37. The molecule has 26 heavy (non-hydrogen) atoms. The topological polar surface area (TPSA) is 80.9 Å². The molecule has 0 amide bonds. The highest BCUT2D eigenvalue weighted by atomic mass is 16.5. The number of nitrogens with zero attached hydrogens (tertiary/aromatic N) is 2. The maximum absolute atomic E-state index is 5.54. The van der Waals surface area contributed by atoms with E-state index >= 15 is 0 Å². The highest BCUT2D eigenvalue weighted by Crippen LogP contribution is 2.30. The molecule has 0 aliphatic heterocycles. The van der Waals surface area contributed by atoms with Gasteiger partial charge >= 0.3 is 0 Å². The number of hydrogen-bond donors (Lipinski definition) is 2. The van der Waals surface area contributed by atoms with Crippen molar-refractivity contribution in [3.63, 3.8) is 0 Å². The fourth-order valence-electron chi connectivity index (χ4n) is 2.67. The highest BCUT2D eigenvalue weighted by Gasteiger charge is 2.09. The Kier molecular flexibility index (Phi) is 7.32. The van der Waals surface area contributed by atoms with Crippen molar-refractivity contribution in [3.05, 3.63) is 35.2 Å². The van der Waals surface area contributed by atoms with E-state index in [4.69, 9.17) is 14.0 Å². The van der Waals surface area contributed by atoms with Crippen LogP contribution in [-0.4, -0.2) is 38.4 Å². The Hall–Kier alpha value is -2.70. The molecule has 0 saturated heterocycles. The van der Waals surface area contributed by atoms with E-state index in [1.807, 2.05) is 39.0 Å². The second-order valence-corrected chi connectivity index (χ2v) is 5.83. The first kappa shape index (κ1) is 19.6. The summed E-state index contributed by atoms with van der Waals surface area (Å²) in [5.41, 5.74) is 3.03. The van der Waals surface area contributed by atoms with Gasteiger partial charge < -0.3 is 24.6 Å². The highest BCUT2D eigenvalue weighted by molar-refractivity contribution is 5.93. The molecule has 7 nitrogen and oxygen atoms in total. The molecule has 0 unspecified atom stereocenters. The Balaban J connectivity index is 1.87. The maximum Gasteiger partial charge on any atom is 0.195 e. The molecule has 2 aromatic rings. The van der Waals surface area contributed by atoms with Crippen LogP contribution < -0.4 is 20.1 Å². The molecule has 0 spiro atoms. The summed E-state index contributed by atoms with van der Waals surface area (Å²) in [5, 5.41) is 10.6. The number of anilines is 1. The zero-order valence-electron chi connectivity index (χ0n) is 16.2. The van der Waals surface area contributed by atoms with Gasteiger partial charge in [-0.3, -0.25) is 4.99 Å². The van der Waals surface area contributed by atoms with Crippen molar-refractivity contribution < 1.29 is 14.0 Å². The van der Waals surface area contributed by atoms with Crippen LogP contribution in [0.4, 0.5) is 5.69 Å². The van der Waals surface area contributed by atoms with E-state index in [0.29, 0.717) is 18.3 Å². The molecule has 142 valence electrons. The largest absolute Gasteiger partial charge is 0.493 e. The summed E-state index contributed by atoms with van der Waals surface area (Å²) >= 11 is 0. The van der Waals surface area contributed by atoms with Gasteiger partial charge in [0.05, 0.1) is 19.4 Å². The number of ether oxygens (including phenoxy) is 2. The summed E-state index contributed by atoms with van der Waals surface area (Å²) < 4.78 is 16.1. The number of nitrogens with one attached hydrogen (secondary N) is 2. The van der Waals surface area contributed by atoms with E-state index in [9.17, 15) is 0 Å². The first-order valence-corrected chi connectivity index (χ1v) is 8.79. The third-order valence-corrected chi connectivity index (χ3v) is 4.03. The average molecular weight is 360 g/mol. The summed E-state index contributed by atoms with van der Waals surface area (Å²) in [4.78, 5) is 4.26. The normalized spacial score (nSPS) is 11.3. The van der Waals surface area contributed by atoms with Crippen LogP contribution in [0.15, 0.2) is 27.7 Å². The lowest BCUT2D eigenvalue weighted by atomic mass is 10.1. The minimum atomic E-state index is 0.595. The van der Waals surface area contributed by atoms with E-state index in [-0.39, 0.29) is 0 Å². The molecule has 1 aromatic heterocycles. The van der Waals surface area contributed by atoms with E-state index in [1.54, 1.807) is 14.2 Å². The standard InChI is InChI=1S/C19H28N4O3/c1-6-25-17-10-9-15(12-18(17)24-5)22-19(20-4)21-11-7-8-16-13(2)23-26-14(16)3/h9-10,12H,6-8,11H2,1-5H3,(H2,20,21,22). The predicted octanol–water partition coefficient (Wildman–Crippen LogP) is 3.32. The number of aromatic nitrogens is 1. The molecule has 1 aromatic carbocycles. The maximum atomic E-state index is 5.54. The van der Waals surface area contributed by atoms with Gasteiger partial charge in [0.2, 0.25) is 0 Å². The second kappa shape index (κ2) is 9.70.